The Balaban J connectivity index is 2.33. The summed E-state index contributed by atoms with van der Waals surface area (Å²) in [5, 5.41) is 8.77. The first kappa shape index (κ1) is 9.18. The smallest absolute Gasteiger partial charge is 0.0991 e. The van der Waals surface area contributed by atoms with Crippen molar-refractivity contribution >= 4 is 5.52 Å². The zero-order valence-electron chi connectivity index (χ0n) is 7.80. The van der Waals surface area contributed by atoms with Gasteiger partial charge in [0.1, 0.15) is 0 Å². The molecule has 0 saturated heterocycles. The van der Waals surface area contributed by atoms with E-state index < -0.39 is 0 Å². The van der Waals surface area contributed by atoms with E-state index in [-0.39, 0.29) is 12.6 Å². The second-order valence-corrected chi connectivity index (χ2v) is 3.30. The molecule has 1 unspecified atom stereocenters. The summed E-state index contributed by atoms with van der Waals surface area (Å²) in [6.45, 7) is 0.117. The van der Waals surface area contributed by atoms with Crippen molar-refractivity contribution in [3.8, 4) is 0 Å². The Hall–Kier alpha value is -1.39. The van der Waals surface area contributed by atoms with Crippen molar-refractivity contribution in [3.63, 3.8) is 0 Å². The number of fused-ring (bicyclic) bond motifs is 1. The number of aromatic nitrogens is 2. The summed E-state index contributed by atoms with van der Waals surface area (Å²) in [7, 11) is 0. The van der Waals surface area contributed by atoms with Gasteiger partial charge >= 0.3 is 0 Å². The maximum absolute atomic E-state index is 8.77. The van der Waals surface area contributed by atoms with E-state index in [9.17, 15) is 0 Å². The molecule has 0 spiro atoms. The number of nitrogens with zero attached hydrogens (tertiary/aromatic N) is 2. The monoisotopic (exact) mass is 191 g/mol. The number of rotatable bonds is 3. The fourth-order valence-corrected chi connectivity index (χ4v) is 1.47. The number of hydrogen-bond acceptors (Lipinski definition) is 3. The van der Waals surface area contributed by atoms with Crippen LogP contribution < -0.4 is 5.73 Å². The van der Waals surface area contributed by atoms with Crippen molar-refractivity contribution in [2.75, 3.05) is 6.61 Å². The van der Waals surface area contributed by atoms with Crippen molar-refractivity contribution in [1.29, 1.82) is 0 Å². The second kappa shape index (κ2) is 3.77. The first-order chi connectivity index (χ1) is 6.81. The molecule has 2 aromatic rings. The number of aliphatic hydroxyl groups is 1. The Kier molecular flexibility index (Phi) is 2.47. The maximum Gasteiger partial charge on any atom is 0.0991 e. The van der Waals surface area contributed by atoms with Gasteiger partial charge in [0, 0.05) is 18.8 Å². The highest BCUT2D eigenvalue weighted by Crippen LogP contribution is 2.15. The first-order valence-corrected chi connectivity index (χ1v) is 4.59. The van der Waals surface area contributed by atoms with Gasteiger partial charge < -0.3 is 15.2 Å². The molecule has 0 fully saturated rings. The highest BCUT2D eigenvalue weighted by atomic mass is 16.3. The number of imidazole rings is 1. The molecule has 0 aromatic carbocycles. The van der Waals surface area contributed by atoms with E-state index in [1.165, 1.54) is 0 Å². The molecule has 0 aliphatic rings. The van der Waals surface area contributed by atoms with Crippen LogP contribution in [0.15, 0.2) is 30.9 Å². The summed E-state index contributed by atoms with van der Waals surface area (Å²) < 4.78 is 1.93. The van der Waals surface area contributed by atoms with Crippen LogP contribution in [0.25, 0.3) is 5.52 Å². The van der Waals surface area contributed by atoms with Crippen LogP contribution in [0.4, 0.5) is 0 Å². The van der Waals surface area contributed by atoms with Gasteiger partial charge in [0.25, 0.3) is 0 Å². The maximum atomic E-state index is 8.77. The molecule has 0 aliphatic carbocycles. The molecule has 0 amide bonds. The molecule has 0 aliphatic heterocycles. The lowest BCUT2D eigenvalue weighted by molar-refractivity contribution is 0.276. The average molecular weight is 191 g/mol. The molecule has 2 heterocycles. The minimum Gasteiger partial charge on any atom is -0.396 e. The first-order valence-electron chi connectivity index (χ1n) is 4.59. The van der Waals surface area contributed by atoms with Gasteiger partial charge in [0.05, 0.1) is 18.0 Å². The largest absolute Gasteiger partial charge is 0.396 e. The Bertz CT molecular complexity index is 424. The average Bonchev–Trinajstić information content (AvgIpc) is 2.64. The standard InChI is InChI=1S/C10H13N3O/c11-10(2-4-14)8-1-3-13-7-12-6-9(13)5-8/h1,3,5-7,10,14H,2,4,11H2. The Morgan fingerprint density at radius 2 is 2.43 bits per heavy atom. The molecule has 0 saturated carbocycles. The molecular formula is C10H13N3O. The van der Waals surface area contributed by atoms with Crippen LogP contribution in [0.3, 0.4) is 0 Å². The molecule has 4 nitrogen and oxygen atoms in total. The topological polar surface area (TPSA) is 63.5 Å². The third-order valence-electron chi connectivity index (χ3n) is 2.31. The predicted octanol–water partition coefficient (Wildman–Crippen LogP) is 0.716. The van der Waals surface area contributed by atoms with Crippen LogP contribution in [0.5, 0.6) is 0 Å². The van der Waals surface area contributed by atoms with Crippen LogP contribution in [0, 0.1) is 0 Å². The van der Waals surface area contributed by atoms with Crippen molar-refractivity contribution in [1.82, 2.24) is 9.38 Å². The van der Waals surface area contributed by atoms with Gasteiger partial charge in [0.15, 0.2) is 0 Å². The SMILES string of the molecule is NC(CCO)c1ccn2cncc2c1. The van der Waals surface area contributed by atoms with E-state index in [1.807, 2.05) is 22.7 Å². The van der Waals surface area contributed by atoms with E-state index in [1.54, 1.807) is 12.5 Å². The van der Waals surface area contributed by atoms with Crippen LogP contribution in [-0.2, 0) is 0 Å². The summed E-state index contributed by atoms with van der Waals surface area (Å²) in [6, 6.07) is 3.85. The van der Waals surface area contributed by atoms with Crippen molar-refractivity contribution in [2.24, 2.45) is 5.73 Å². The van der Waals surface area contributed by atoms with E-state index in [0.717, 1.165) is 11.1 Å². The molecule has 1 atom stereocenters. The van der Waals surface area contributed by atoms with Crippen molar-refractivity contribution in [2.45, 2.75) is 12.5 Å². The summed E-state index contributed by atoms with van der Waals surface area (Å²) in [5.41, 5.74) is 7.93. The fraction of sp³-hybridized carbons (Fsp3) is 0.300. The van der Waals surface area contributed by atoms with Gasteiger partial charge in [0.2, 0.25) is 0 Å². The highest BCUT2D eigenvalue weighted by molar-refractivity contribution is 5.47. The zero-order valence-corrected chi connectivity index (χ0v) is 7.80. The summed E-state index contributed by atoms with van der Waals surface area (Å²) in [6.07, 6.45) is 6.05. The molecule has 0 bridgehead atoms. The van der Waals surface area contributed by atoms with E-state index in [2.05, 4.69) is 4.98 Å². The van der Waals surface area contributed by atoms with Crippen LogP contribution in [-0.4, -0.2) is 21.1 Å². The van der Waals surface area contributed by atoms with Crippen molar-refractivity contribution in [3.05, 3.63) is 36.4 Å². The number of aliphatic hydroxyl groups excluding tert-OH is 1. The van der Waals surface area contributed by atoms with E-state index in [0.29, 0.717) is 6.42 Å². The Labute approximate surface area is 82.0 Å². The Morgan fingerprint density at radius 3 is 3.21 bits per heavy atom. The molecule has 14 heavy (non-hydrogen) atoms. The lowest BCUT2D eigenvalue weighted by Gasteiger charge is -2.10. The van der Waals surface area contributed by atoms with Crippen LogP contribution in [0.2, 0.25) is 0 Å². The quantitative estimate of drug-likeness (QED) is 0.751. The third-order valence-corrected chi connectivity index (χ3v) is 2.31. The molecule has 74 valence electrons. The third kappa shape index (κ3) is 1.62. The minimum absolute atomic E-state index is 0.0973. The van der Waals surface area contributed by atoms with Gasteiger partial charge in [-0.15, -0.1) is 0 Å². The minimum atomic E-state index is -0.0973. The summed E-state index contributed by atoms with van der Waals surface area (Å²) >= 11 is 0. The summed E-state index contributed by atoms with van der Waals surface area (Å²) in [5.74, 6) is 0. The number of nitrogens with two attached hydrogens (primary N) is 1. The van der Waals surface area contributed by atoms with Crippen LogP contribution in [0.1, 0.15) is 18.0 Å². The normalized spacial score (nSPS) is 13.3. The molecule has 4 heteroatoms. The zero-order chi connectivity index (χ0) is 9.97. The second-order valence-electron chi connectivity index (χ2n) is 3.30. The Morgan fingerprint density at radius 1 is 1.57 bits per heavy atom. The predicted molar refractivity (Wildman–Crippen MR) is 53.8 cm³/mol. The molecule has 2 rings (SSSR count). The fourth-order valence-electron chi connectivity index (χ4n) is 1.47. The molecule has 2 aromatic heterocycles. The lowest BCUT2D eigenvalue weighted by Crippen LogP contribution is -2.11. The van der Waals surface area contributed by atoms with Gasteiger partial charge in [-0.3, -0.25) is 0 Å². The molecule has 0 radical (unpaired) electrons. The van der Waals surface area contributed by atoms with Crippen LogP contribution >= 0.6 is 0 Å². The summed E-state index contributed by atoms with van der Waals surface area (Å²) in [4.78, 5) is 4.02. The number of pyridine rings is 1. The van der Waals surface area contributed by atoms with E-state index in [4.69, 9.17) is 10.8 Å². The van der Waals surface area contributed by atoms with Gasteiger partial charge in [-0.25, -0.2) is 4.98 Å². The molecular weight excluding hydrogens is 178 g/mol. The molecule has 3 N–H and O–H groups in total. The van der Waals surface area contributed by atoms with Crippen molar-refractivity contribution < 1.29 is 5.11 Å². The highest BCUT2D eigenvalue weighted by Gasteiger charge is 2.05. The van der Waals surface area contributed by atoms with Gasteiger partial charge in [-0.2, -0.15) is 0 Å². The van der Waals surface area contributed by atoms with Gasteiger partial charge in [-0.1, -0.05) is 0 Å². The number of hydrogen-bond donors (Lipinski definition) is 2. The van der Waals surface area contributed by atoms with E-state index >= 15 is 0 Å². The van der Waals surface area contributed by atoms with Gasteiger partial charge in [-0.05, 0) is 24.1 Å². The lowest BCUT2D eigenvalue weighted by atomic mass is 10.1.